The molecule has 2 saturated heterocycles. The van der Waals surface area contributed by atoms with Gasteiger partial charge in [-0.2, -0.15) is 13.2 Å². The molecule has 10 nitrogen and oxygen atoms in total. The van der Waals surface area contributed by atoms with Crippen LogP contribution < -0.4 is 16.4 Å². The Morgan fingerprint density at radius 3 is 2.49 bits per heavy atom. The van der Waals surface area contributed by atoms with E-state index >= 15 is 0 Å². The van der Waals surface area contributed by atoms with Gasteiger partial charge in [0.25, 0.3) is 0 Å². The molecule has 4 N–H and O–H groups in total. The maximum absolute atomic E-state index is 14.5. The van der Waals surface area contributed by atoms with Crippen molar-refractivity contribution in [3.63, 3.8) is 0 Å². The third-order valence-corrected chi connectivity index (χ3v) is 9.42. The zero-order chi connectivity index (χ0) is 29.5. The van der Waals surface area contributed by atoms with E-state index in [4.69, 9.17) is 10.5 Å². The third-order valence-electron chi connectivity index (χ3n) is 9.42. The highest BCUT2D eigenvalue weighted by molar-refractivity contribution is 6.03. The SMILES string of the molecule is NC(=O)C1CC(C(=O)N2CCOCC2)C(N2CC[C@@H](NC(=O)C3=CC(=O)NC4C(F)CCCC34)C2)C(C(F)(F)F)C1. The number of alkyl halides is 4. The van der Waals surface area contributed by atoms with E-state index in [1.165, 1.54) is 11.0 Å². The van der Waals surface area contributed by atoms with Gasteiger partial charge in [0.15, 0.2) is 0 Å². The lowest BCUT2D eigenvalue weighted by molar-refractivity contribution is -0.211. The number of rotatable bonds is 5. The summed E-state index contributed by atoms with van der Waals surface area (Å²) in [6, 6.07) is -2.53. The number of fused-ring (bicyclic) bond motifs is 1. The Morgan fingerprint density at radius 2 is 1.80 bits per heavy atom. The molecule has 0 spiro atoms. The molecule has 5 aliphatic rings. The summed E-state index contributed by atoms with van der Waals surface area (Å²) in [5.74, 6) is -6.98. The maximum atomic E-state index is 14.5. The summed E-state index contributed by atoms with van der Waals surface area (Å²) in [7, 11) is 0. The molecule has 3 heterocycles. The highest BCUT2D eigenvalue weighted by atomic mass is 19.4. The van der Waals surface area contributed by atoms with Crippen LogP contribution in [0, 0.1) is 23.7 Å². The number of likely N-dealkylation sites (tertiary alicyclic amines) is 1. The fourth-order valence-electron chi connectivity index (χ4n) is 7.42. The van der Waals surface area contributed by atoms with Crippen LogP contribution in [-0.2, 0) is 23.9 Å². The van der Waals surface area contributed by atoms with Crippen LogP contribution in [0.15, 0.2) is 11.6 Å². The largest absolute Gasteiger partial charge is 0.393 e. The molecule has 4 amide bonds. The molecule has 228 valence electrons. The molecule has 41 heavy (non-hydrogen) atoms. The molecule has 2 aliphatic carbocycles. The predicted octanol–water partition coefficient (Wildman–Crippen LogP) is 0.657. The van der Waals surface area contributed by atoms with Gasteiger partial charge in [-0.3, -0.25) is 24.1 Å². The first-order valence-electron chi connectivity index (χ1n) is 14.4. The highest BCUT2D eigenvalue weighted by Crippen LogP contribution is 2.46. The van der Waals surface area contributed by atoms with Gasteiger partial charge in [0, 0.05) is 61.7 Å². The second-order valence-electron chi connectivity index (χ2n) is 11.9. The van der Waals surface area contributed by atoms with Crippen molar-refractivity contribution in [2.24, 2.45) is 29.4 Å². The number of halogens is 4. The smallest absolute Gasteiger partial charge is 0.378 e. The van der Waals surface area contributed by atoms with Crippen LogP contribution in [0.5, 0.6) is 0 Å². The van der Waals surface area contributed by atoms with Gasteiger partial charge in [-0.1, -0.05) is 0 Å². The molecule has 5 rings (SSSR count). The van der Waals surface area contributed by atoms with E-state index in [1.807, 2.05) is 0 Å². The first-order chi connectivity index (χ1) is 19.4. The number of hydrogen-bond acceptors (Lipinski definition) is 6. The Labute approximate surface area is 235 Å². The van der Waals surface area contributed by atoms with Crippen molar-refractivity contribution in [2.75, 3.05) is 39.4 Å². The molecule has 4 fully saturated rings. The molecule has 3 aliphatic heterocycles. The van der Waals surface area contributed by atoms with E-state index in [9.17, 15) is 36.7 Å². The van der Waals surface area contributed by atoms with Gasteiger partial charge in [-0.05, 0) is 38.5 Å². The molecule has 0 aromatic carbocycles. The van der Waals surface area contributed by atoms with Crippen LogP contribution in [-0.4, -0.2) is 103 Å². The average molecular weight is 588 g/mol. The number of hydrogen-bond donors (Lipinski definition) is 3. The first kappa shape index (κ1) is 29.7. The third kappa shape index (κ3) is 6.23. The van der Waals surface area contributed by atoms with Crippen LogP contribution in [0.2, 0.25) is 0 Å². The van der Waals surface area contributed by atoms with Crippen LogP contribution in [0.3, 0.4) is 0 Å². The lowest BCUT2D eigenvalue weighted by atomic mass is 9.69. The minimum atomic E-state index is -4.68. The second-order valence-corrected chi connectivity index (χ2v) is 11.9. The second kappa shape index (κ2) is 11.9. The van der Waals surface area contributed by atoms with Crippen molar-refractivity contribution in [3.05, 3.63) is 11.6 Å². The van der Waals surface area contributed by atoms with E-state index in [-0.39, 0.29) is 51.4 Å². The maximum Gasteiger partial charge on any atom is 0.393 e. The summed E-state index contributed by atoms with van der Waals surface area (Å²) < 4.78 is 63.2. The summed E-state index contributed by atoms with van der Waals surface area (Å²) >= 11 is 0. The topological polar surface area (TPSA) is 134 Å². The molecule has 14 heteroatoms. The van der Waals surface area contributed by atoms with Crippen LogP contribution in [0.4, 0.5) is 17.6 Å². The highest BCUT2D eigenvalue weighted by Gasteiger charge is 2.57. The fourth-order valence-corrected chi connectivity index (χ4v) is 7.42. The quantitative estimate of drug-likeness (QED) is 0.405. The molecule has 7 unspecified atom stereocenters. The zero-order valence-electron chi connectivity index (χ0n) is 22.7. The number of amides is 4. The Balaban J connectivity index is 1.34. The summed E-state index contributed by atoms with van der Waals surface area (Å²) in [6.07, 6.45) is -3.57. The molecular weight excluding hydrogens is 550 g/mol. The van der Waals surface area contributed by atoms with E-state index in [0.717, 1.165) is 0 Å². The molecule has 0 aromatic rings. The van der Waals surface area contributed by atoms with Crippen molar-refractivity contribution >= 4 is 23.6 Å². The van der Waals surface area contributed by atoms with E-state index < -0.39 is 84.2 Å². The van der Waals surface area contributed by atoms with Gasteiger partial charge >= 0.3 is 6.18 Å². The number of carbonyl (C=O) groups is 4. The minimum Gasteiger partial charge on any atom is -0.378 e. The monoisotopic (exact) mass is 587 g/mol. The van der Waals surface area contributed by atoms with Crippen LogP contribution in [0.1, 0.15) is 38.5 Å². The van der Waals surface area contributed by atoms with Crippen LogP contribution in [0.25, 0.3) is 0 Å². The van der Waals surface area contributed by atoms with Crippen molar-refractivity contribution in [1.82, 2.24) is 20.4 Å². The van der Waals surface area contributed by atoms with Gasteiger partial charge < -0.3 is 26.0 Å². The van der Waals surface area contributed by atoms with E-state index in [2.05, 4.69) is 10.6 Å². The fraction of sp³-hybridized carbons (Fsp3) is 0.778. The molecule has 0 bridgehead atoms. The summed E-state index contributed by atoms with van der Waals surface area (Å²) in [5, 5.41) is 5.46. The Hall–Kier alpha value is -2.74. The van der Waals surface area contributed by atoms with Crippen molar-refractivity contribution in [1.29, 1.82) is 0 Å². The van der Waals surface area contributed by atoms with Gasteiger partial charge in [-0.15, -0.1) is 0 Å². The Bertz CT molecular complexity index is 1080. The molecule has 8 atom stereocenters. The standard InChI is InChI=1S/C27H37F4N5O5/c28-20-3-1-2-16-17(12-21(37)34-22(16)20)25(39)33-15-4-5-36(13-15)23-18(26(40)35-6-8-41-9-7-35)10-14(24(32)38)11-19(23)27(29,30)31/h12,14-16,18-20,22-23H,1-11,13H2,(H2,32,38)(H,33,39)(H,34,37)/t14?,15-,16?,18?,19?,20?,22?,23?/m1/s1. The Kier molecular flexibility index (Phi) is 8.61. The zero-order valence-corrected chi connectivity index (χ0v) is 22.7. The number of nitrogens with one attached hydrogen (secondary N) is 2. The Morgan fingerprint density at radius 1 is 1.07 bits per heavy atom. The van der Waals surface area contributed by atoms with Gasteiger partial charge in [0.1, 0.15) is 6.17 Å². The van der Waals surface area contributed by atoms with E-state index in [1.54, 1.807) is 4.90 Å². The normalized spacial score (nSPS) is 36.6. The summed E-state index contributed by atoms with van der Waals surface area (Å²) in [5.41, 5.74) is 5.65. The van der Waals surface area contributed by atoms with Crippen molar-refractivity contribution < 1.29 is 41.5 Å². The van der Waals surface area contributed by atoms with Gasteiger partial charge in [-0.25, -0.2) is 4.39 Å². The van der Waals surface area contributed by atoms with Gasteiger partial charge in [0.2, 0.25) is 23.6 Å². The lowest BCUT2D eigenvalue weighted by Gasteiger charge is -2.46. The van der Waals surface area contributed by atoms with E-state index in [0.29, 0.717) is 25.7 Å². The summed E-state index contributed by atoms with van der Waals surface area (Å²) in [4.78, 5) is 54.2. The molecule has 2 saturated carbocycles. The predicted molar refractivity (Wildman–Crippen MR) is 137 cm³/mol. The van der Waals surface area contributed by atoms with Crippen molar-refractivity contribution in [3.8, 4) is 0 Å². The first-order valence-corrected chi connectivity index (χ1v) is 14.4. The average Bonchev–Trinajstić information content (AvgIpc) is 3.40. The number of carbonyl (C=O) groups excluding carboxylic acids is 4. The number of ether oxygens (including phenoxy) is 1. The number of nitrogens with zero attached hydrogens (tertiary/aromatic N) is 2. The van der Waals surface area contributed by atoms with Gasteiger partial charge in [0.05, 0.1) is 31.1 Å². The molecular formula is C27H37F4N5O5. The number of morpholine rings is 1. The molecule has 0 radical (unpaired) electrons. The summed E-state index contributed by atoms with van der Waals surface area (Å²) in [6.45, 7) is 1.33. The van der Waals surface area contributed by atoms with Crippen LogP contribution >= 0.6 is 0 Å². The molecule has 0 aromatic heterocycles. The lowest BCUT2D eigenvalue weighted by Crippen LogP contribution is -2.59. The van der Waals surface area contributed by atoms with Crippen molar-refractivity contribution in [2.45, 2.75) is 69.0 Å². The number of primary amides is 1. The minimum absolute atomic E-state index is 0.0659. The number of nitrogens with two attached hydrogens (primary N) is 1.